The lowest BCUT2D eigenvalue weighted by molar-refractivity contribution is -0.118. The van der Waals surface area contributed by atoms with Gasteiger partial charge in [0.15, 0.2) is 5.13 Å². The molecule has 0 saturated carbocycles. The molecule has 1 aliphatic rings. The number of amides is 1. The topological polar surface area (TPSA) is 42.4 Å². The summed E-state index contributed by atoms with van der Waals surface area (Å²) in [5, 5.41) is 0.787. The van der Waals surface area contributed by atoms with Crippen LogP contribution in [0.25, 0.3) is 10.2 Å². The quantitative estimate of drug-likeness (QED) is 0.494. The van der Waals surface area contributed by atoms with Crippen LogP contribution in [-0.2, 0) is 9.53 Å². The number of thiazole rings is 1. The average Bonchev–Trinajstić information content (AvgIpc) is 3.37. The van der Waals surface area contributed by atoms with Crippen LogP contribution in [0.2, 0.25) is 0 Å². The molecule has 146 valence electrons. The summed E-state index contributed by atoms with van der Waals surface area (Å²) >= 11 is 3.31. The Morgan fingerprint density at radius 2 is 2.11 bits per heavy atom. The predicted octanol–water partition coefficient (Wildman–Crippen LogP) is 5.30. The number of carbonyl (C=O) groups excluding carboxylic acids is 1. The number of fused-ring (bicyclic) bond motifs is 1. The van der Waals surface area contributed by atoms with E-state index in [0.29, 0.717) is 13.0 Å². The minimum atomic E-state index is 0.110. The molecule has 4 nitrogen and oxygen atoms in total. The minimum Gasteiger partial charge on any atom is -0.376 e. The van der Waals surface area contributed by atoms with Crippen LogP contribution in [-0.4, -0.2) is 35.9 Å². The molecule has 1 amide bonds. The molecule has 1 atom stereocenters. The van der Waals surface area contributed by atoms with Gasteiger partial charge in [-0.2, -0.15) is 0 Å². The van der Waals surface area contributed by atoms with Crippen molar-refractivity contribution < 1.29 is 9.53 Å². The Kier molecular flexibility index (Phi) is 6.29. The van der Waals surface area contributed by atoms with Crippen molar-refractivity contribution in [2.75, 3.05) is 23.8 Å². The summed E-state index contributed by atoms with van der Waals surface area (Å²) in [6, 6.07) is 16.4. The Morgan fingerprint density at radius 1 is 1.25 bits per heavy atom. The molecule has 1 aromatic heterocycles. The van der Waals surface area contributed by atoms with Gasteiger partial charge in [0.2, 0.25) is 5.91 Å². The molecule has 1 saturated heterocycles. The van der Waals surface area contributed by atoms with Gasteiger partial charge in [-0.15, -0.1) is 11.8 Å². The van der Waals surface area contributed by atoms with E-state index in [4.69, 9.17) is 9.72 Å². The maximum Gasteiger partial charge on any atom is 0.229 e. The Hall–Kier alpha value is -1.89. The summed E-state index contributed by atoms with van der Waals surface area (Å²) < 4.78 is 6.93. The van der Waals surface area contributed by atoms with Crippen LogP contribution in [0.1, 0.15) is 24.8 Å². The third-order valence-electron chi connectivity index (χ3n) is 4.88. The Bertz CT molecular complexity index is 936. The number of rotatable bonds is 7. The van der Waals surface area contributed by atoms with Crippen molar-refractivity contribution in [1.82, 2.24) is 4.98 Å². The van der Waals surface area contributed by atoms with Crippen molar-refractivity contribution in [1.29, 1.82) is 0 Å². The van der Waals surface area contributed by atoms with Gasteiger partial charge in [-0.1, -0.05) is 41.7 Å². The lowest BCUT2D eigenvalue weighted by Gasteiger charge is -2.23. The number of benzene rings is 2. The number of hydrogen-bond donors (Lipinski definition) is 0. The molecule has 0 spiro atoms. The summed E-state index contributed by atoms with van der Waals surface area (Å²) in [5.74, 6) is 0.880. The monoisotopic (exact) mass is 412 g/mol. The van der Waals surface area contributed by atoms with Gasteiger partial charge < -0.3 is 4.74 Å². The molecule has 6 heteroatoms. The lowest BCUT2D eigenvalue weighted by Crippen LogP contribution is -2.37. The molecule has 28 heavy (non-hydrogen) atoms. The number of aromatic nitrogens is 1. The van der Waals surface area contributed by atoms with Crippen LogP contribution < -0.4 is 4.90 Å². The second-order valence-electron chi connectivity index (χ2n) is 6.97. The number of anilines is 1. The SMILES string of the molecule is Cc1cccc2sc(N(CC3CCCO3)C(=O)CCSc3ccccc3)nc12. The van der Waals surface area contributed by atoms with Crippen molar-refractivity contribution in [3.05, 3.63) is 54.1 Å². The zero-order valence-corrected chi connectivity index (χ0v) is 17.6. The standard InChI is InChI=1S/C22H24N2O2S2/c1-16-7-5-11-19-21(16)23-22(28-19)24(15-17-8-6-13-26-17)20(25)12-14-27-18-9-3-2-4-10-18/h2-5,7,9-11,17H,6,8,12-15H2,1H3. The van der Waals surface area contributed by atoms with Gasteiger partial charge >= 0.3 is 0 Å². The van der Waals surface area contributed by atoms with Gasteiger partial charge in [0.25, 0.3) is 0 Å². The fourth-order valence-electron chi connectivity index (χ4n) is 3.38. The van der Waals surface area contributed by atoms with Gasteiger partial charge in [-0.3, -0.25) is 9.69 Å². The Labute approximate surface area is 173 Å². The second kappa shape index (κ2) is 9.07. The molecule has 0 N–H and O–H groups in total. The summed E-state index contributed by atoms with van der Waals surface area (Å²) in [7, 11) is 0. The molecule has 0 bridgehead atoms. The van der Waals surface area contributed by atoms with E-state index >= 15 is 0 Å². The molecular weight excluding hydrogens is 388 g/mol. The normalized spacial score (nSPS) is 16.5. The molecule has 3 aromatic rings. The number of para-hydroxylation sites is 1. The molecule has 1 fully saturated rings. The van der Waals surface area contributed by atoms with Crippen molar-refractivity contribution in [3.8, 4) is 0 Å². The van der Waals surface area contributed by atoms with E-state index in [9.17, 15) is 4.79 Å². The van der Waals surface area contributed by atoms with Crippen molar-refractivity contribution >= 4 is 44.4 Å². The maximum atomic E-state index is 13.1. The van der Waals surface area contributed by atoms with Crippen LogP contribution in [0.5, 0.6) is 0 Å². The third kappa shape index (κ3) is 4.57. The van der Waals surface area contributed by atoms with Gasteiger partial charge in [0, 0.05) is 23.7 Å². The molecule has 4 rings (SSSR count). The smallest absolute Gasteiger partial charge is 0.229 e. The van der Waals surface area contributed by atoms with E-state index in [1.54, 1.807) is 23.1 Å². The number of carbonyl (C=O) groups is 1. The third-order valence-corrected chi connectivity index (χ3v) is 6.94. The summed E-state index contributed by atoms with van der Waals surface area (Å²) in [4.78, 5) is 21.0. The fraction of sp³-hybridized carbons (Fsp3) is 0.364. The average molecular weight is 413 g/mol. The summed E-state index contributed by atoms with van der Waals surface area (Å²) in [5.41, 5.74) is 2.13. The first-order valence-corrected chi connectivity index (χ1v) is 11.5. The van der Waals surface area contributed by atoms with Crippen molar-refractivity contribution in [2.24, 2.45) is 0 Å². The fourth-order valence-corrected chi connectivity index (χ4v) is 5.31. The highest BCUT2D eigenvalue weighted by molar-refractivity contribution is 7.99. The van der Waals surface area contributed by atoms with E-state index < -0.39 is 0 Å². The van der Waals surface area contributed by atoms with Crippen LogP contribution in [0.15, 0.2) is 53.4 Å². The molecule has 2 aromatic carbocycles. The highest BCUT2D eigenvalue weighted by Crippen LogP contribution is 2.32. The highest BCUT2D eigenvalue weighted by atomic mass is 32.2. The Morgan fingerprint density at radius 3 is 2.86 bits per heavy atom. The van der Waals surface area contributed by atoms with E-state index in [-0.39, 0.29) is 12.0 Å². The summed E-state index contributed by atoms with van der Waals surface area (Å²) in [6.45, 7) is 3.44. The number of ether oxygens (including phenoxy) is 1. The first kappa shape index (κ1) is 19.4. The highest BCUT2D eigenvalue weighted by Gasteiger charge is 2.26. The van der Waals surface area contributed by atoms with E-state index in [0.717, 1.165) is 46.1 Å². The zero-order valence-electron chi connectivity index (χ0n) is 16.0. The molecule has 1 aliphatic heterocycles. The van der Waals surface area contributed by atoms with Gasteiger partial charge in [-0.25, -0.2) is 4.98 Å². The summed E-state index contributed by atoms with van der Waals surface area (Å²) in [6.07, 6.45) is 2.67. The number of thioether (sulfide) groups is 1. The first-order chi connectivity index (χ1) is 13.7. The first-order valence-electron chi connectivity index (χ1n) is 9.66. The molecule has 0 radical (unpaired) electrons. The molecular formula is C22H24N2O2S2. The van der Waals surface area contributed by atoms with Gasteiger partial charge in [0.05, 0.1) is 22.9 Å². The van der Waals surface area contributed by atoms with E-state index in [2.05, 4.69) is 31.2 Å². The minimum absolute atomic E-state index is 0.110. The number of aryl methyl sites for hydroxylation is 1. The van der Waals surface area contributed by atoms with Crippen LogP contribution >= 0.6 is 23.1 Å². The van der Waals surface area contributed by atoms with Crippen LogP contribution in [0, 0.1) is 6.92 Å². The lowest BCUT2D eigenvalue weighted by atomic mass is 10.2. The second-order valence-corrected chi connectivity index (χ2v) is 9.15. The predicted molar refractivity (Wildman–Crippen MR) is 117 cm³/mol. The Balaban J connectivity index is 1.50. The van der Waals surface area contributed by atoms with Gasteiger partial charge in [-0.05, 0) is 43.5 Å². The van der Waals surface area contributed by atoms with Crippen LogP contribution in [0.4, 0.5) is 5.13 Å². The molecule has 2 heterocycles. The largest absolute Gasteiger partial charge is 0.376 e. The maximum absolute atomic E-state index is 13.1. The van der Waals surface area contributed by atoms with Crippen molar-refractivity contribution in [3.63, 3.8) is 0 Å². The zero-order chi connectivity index (χ0) is 19.3. The number of hydrogen-bond acceptors (Lipinski definition) is 5. The number of nitrogens with zero attached hydrogens (tertiary/aromatic N) is 2. The molecule has 1 unspecified atom stereocenters. The van der Waals surface area contributed by atoms with Crippen LogP contribution in [0.3, 0.4) is 0 Å². The van der Waals surface area contributed by atoms with E-state index in [1.165, 1.54) is 4.90 Å². The van der Waals surface area contributed by atoms with Gasteiger partial charge in [0.1, 0.15) is 0 Å². The van der Waals surface area contributed by atoms with Crippen molar-refractivity contribution in [2.45, 2.75) is 37.2 Å². The molecule has 0 aliphatic carbocycles. The van der Waals surface area contributed by atoms with E-state index in [1.807, 2.05) is 29.2 Å².